The number of rotatable bonds is 4. The van der Waals surface area contributed by atoms with E-state index in [0.717, 1.165) is 20.6 Å². The van der Waals surface area contributed by atoms with E-state index in [-0.39, 0.29) is 5.78 Å². The Balaban J connectivity index is 1.69. The quantitative estimate of drug-likeness (QED) is 0.804. The van der Waals surface area contributed by atoms with Crippen LogP contribution in [0.3, 0.4) is 0 Å². The Morgan fingerprint density at radius 1 is 1.18 bits per heavy atom. The fraction of sp³-hybridized carbons (Fsp3) is 0.176. The summed E-state index contributed by atoms with van der Waals surface area (Å²) in [5, 5.41) is 5.31. The van der Waals surface area contributed by atoms with Gasteiger partial charge in [-0.05, 0) is 19.1 Å². The molecule has 1 aliphatic rings. The van der Waals surface area contributed by atoms with Crippen LogP contribution in [0.4, 0.5) is 0 Å². The number of hydrogen-bond acceptors (Lipinski definition) is 4. The highest BCUT2D eigenvalue weighted by atomic mass is 79.9. The van der Waals surface area contributed by atoms with Crippen LogP contribution in [0.1, 0.15) is 29.3 Å². The monoisotopic (exact) mass is 374 g/mol. The van der Waals surface area contributed by atoms with Gasteiger partial charge in [0.05, 0.1) is 0 Å². The summed E-state index contributed by atoms with van der Waals surface area (Å²) in [6.07, 6.45) is 0.388. The molecule has 3 rings (SSSR count). The van der Waals surface area contributed by atoms with E-state index in [2.05, 4.69) is 26.5 Å². The number of nitrogens with zero attached hydrogens (tertiary/aromatic N) is 1. The lowest BCUT2D eigenvalue weighted by Crippen LogP contribution is -2.34. The summed E-state index contributed by atoms with van der Waals surface area (Å²) in [5.74, 6) is 0.111. The van der Waals surface area contributed by atoms with Gasteiger partial charge in [-0.2, -0.15) is 5.10 Å². The Morgan fingerprint density at radius 3 is 2.55 bits per heavy atom. The number of ketones is 1. The largest absolute Gasteiger partial charge is 0.294 e. The first-order chi connectivity index (χ1) is 10.6. The van der Waals surface area contributed by atoms with Crippen molar-refractivity contribution in [2.24, 2.45) is 5.10 Å². The maximum Gasteiger partial charge on any atom is 0.166 e. The van der Waals surface area contributed by atoms with Crippen LogP contribution in [-0.2, 0) is 0 Å². The standard InChI is InChI=1S/C17H15BrN2OS/c1-17(11-15(21)12-7-9-14(18)10-8-12)20-19-16(22-17)13-5-3-2-4-6-13/h2-10,20H,11H2,1H3/t17-/m1/s1. The van der Waals surface area contributed by atoms with E-state index in [0.29, 0.717) is 6.42 Å². The molecule has 0 radical (unpaired) electrons. The number of carbonyl (C=O) groups is 1. The topological polar surface area (TPSA) is 41.5 Å². The van der Waals surface area contributed by atoms with Crippen LogP contribution in [0.2, 0.25) is 0 Å². The number of nitrogens with one attached hydrogen (secondary N) is 1. The highest BCUT2D eigenvalue weighted by molar-refractivity contribution is 9.10. The first-order valence-corrected chi connectivity index (χ1v) is 8.55. The van der Waals surface area contributed by atoms with Crippen molar-refractivity contribution in [1.82, 2.24) is 5.43 Å². The Bertz CT molecular complexity index is 715. The van der Waals surface area contributed by atoms with Gasteiger partial charge < -0.3 is 0 Å². The van der Waals surface area contributed by atoms with Crippen molar-refractivity contribution >= 4 is 38.5 Å². The first kappa shape index (κ1) is 15.3. The zero-order chi connectivity index (χ0) is 15.6. The molecule has 0 bridgehead atoms. The smallest absolute Gasteiger partial charge is 0.166 e. The first-order valence-electron chi connectivity index (χ1n) is 6.94. The molecule has 0 unspecified atom stereocenters. The summed E-state index contributed by atoms with van der Waals surface area (Å²) in [7, 11) is 0. The summed E-state index contributed by atoms with van der Waals surface area (Å²) in [4.78, 5) is 12.0. The highest BCUT2D eigenvalue weighted by Gasteiger charge is 2.35. The zero-order valence-corrected chi connectivity index (χ0v) is 14.4. The van der Waals surface area contributed by atoms with Crippen LogP contribution in [0.15, 0.2) is 64.2 Å². The lowest BCUT2D eigenvalue weighted by molar-refractivity contribution is 0.0967. The Morgan fingerprint density at radius 2 is 1.86 bits per heavy atom. The van der Waals surface area contributed by atoms with Gasteiger partial charge in [-0.25, -0.2) is 0 Å². The summed E-state index contributed by atoms with van der Waals surface area (Å²) in [6.45, 7) is 2.01. The summed E-state index contributed by atoms with van der Waals surface area (Å²) >= 11 is 4.98. The third-order valence-corrected chi connectivity index (χ3v) is 5.14. The van der Waals surface area contributed by atoms with Crippen molar-refractivity contribution in [3.63, 3.8) is 0 Å². The van der Waals surface area contributed by atoms with E-state index in [9.17, 15) is 4.79 Å². The molecule has 0 fully saturated rings. The van der Waals surface area contributed by atoms with Crippen LogP contribution < -0.4 is 5.43 Å². The molecule has 1 N–H and O–H groups in total. The van der Waals surface area contributed by atoms with Crippen LogP contribution in [0.25, 0.3) is 0 Å². The molecule has 3 nitrogen and oxygen atoms in total. The molecule has 2 aromatic carbocycles. The average Bonchev–Trinajstić information content (AvgIpc) is 2.91. The van der Waals surface area contributed by atoms with Crippen molar-refractivity contribution in [2.75, 3.05) is 0 Å². The molecule has 0 aromatic heterocycles. The molecular formula is C17H15BrN2OS. The van der Waals surface area contributed by atoms with E-state index in [1.807, 2.05) is 61.5 Å². The number of Topliss-reactive ketones (excluding diaryl/α,β-unsaturated/α-hetero) is 1. The van der Waals surface area contributed by atoms with Crippen molar-refractivity contribution in [2.45, 2.75) is 18.2 Å². The lowest BCUT2D eigenvalue weighted by atomic mass is 10.0. The summed E-state index contributed by atoms with van der Waals surface area (Å²) < 4.78 is 0.971. The molecule has 0 saturated heterocycles. The van der Waals surface area contributed by atoms with E-state index < -0.39 is 4.87 Å². The molecule has 0 spiro atoms. The highest BCUT2D eigenvalue weighted by Crippen LogP contribution is 2.35. The van der Waals surface area contributed by atoms with Gasteiger partial charge in [0.15, 0.2) is 5.78 Å². The summed E-state index contributed by atoms with van der Waals surface area (Å²) in [5.41, 5.74) is 4.91. The third-order valence-electron chi connectivity index (χ3n) is 3.40. The van der Waals surface area contributed by atoms with Gasteiger partial charge in [-0.1, -0.05) is 70.2 Å². The maximum absolute atomic E-state index is 12.4. The second kappa shape index (κ2) is 6.26. The fourth-order valence-electron chi connectivity index (χ4n) is 2.25. The van der Waals surface area contributed by atoms with Crippen molar-refractivity contribution in [1.29, 1.82) is 0 Å². The SMILES string of the molecule is C[C@@]1(CC(=O)c2ccc(Br)cc2)NN=C(c2ccccc2)S1. The predicted molar refractivity (Wildman–Crippen MR) is 95.2 cm³/mol. The number of benzene rings is 2. The van der Waals surface area contributed by atoms with Crippen LogP contribution in [0, 0.1) is 0 Å². The van der Waals surface area contributed by atoms with Gasteiger partial charge in [0.25, 0.3) is 0 Å². The van der Waals surface area contributed by atoms with Crippen LogP contribution in [-0.4, -0.2) is 15.7 Å². The zero-order valence-electron chi connectivity index (χ0n) is 12.0. The normalized spacial score (nSPS) is 20.4. The van der Waals surface area contributed by atoms with Gasteiger partial charge in [-0.3, -0.25) is 10.2 Å². The molecule has 5 heteroatoms. The van der Waals surface area contributed by atoms with Crippen molar-refractivity contribution < 1.29 is 4.79 Å². The van der Waals surface area contributed by atoms with Crippen LogP contribution in [0.5, 0.6) is 0 Å². The molecule has 1 atom stereocenters. The predicted octanol–water partition coefficient (Wildman–Crippen LogP) is 4.44. The minimum atomic E-state index is -0.407. The van der Waals surface area contributed by atoms with E-state index >= 15 is 0 Å². The van der Waals surface area contributed by atoms with Crippen molar-refractivity contribution in [3.05, 3.63) is 70.2 Å². The Hall–Kier alpha value is -1.59. The van der Waals surface area contributed by atoms with E-state index in [1.165, 1.54) is 0 Å². The van der Waals surface area contributed by atoms with Crippen molar-refractivity contribution in [3.8, 4) is 0 Å². The molecule has 1 heterocycles. The van der Waals surface area contributed by atoms with Gasteiger partial charge in [0.1, 0.15) is 9.91 Å². The third kappa shape index (κ3) is 3.42. The number of hydrazone groups is 1. The average molecular weight is 375 g/mol. The van der Waals surface area contributed by atoms with Gasteiger partial charge in [0, 0.05) is 22.0 Å². The minimum Gasteiger partial charge on any atom is -0.294 e. The van der Waals surface area contributed by atoms with Gasteiger partial charge in [-0.15, -0.1) is 0 Å². The maximum atomic E-state index is 12.4. The molecule has 112 valence electrons. The fourth-order valence-corrected chi connectivity index (χ4v) is 3.58. The molecule has 0 saturated carbocycles. The summed E-state index contributed by atoms with van der Waals surface area (Å²) in [6, 6.07) is 17.5. The number of carbonyl (C=O) groups excluding carboxylic acids is 1. The Labute approximate surface area is 142 Å². The molecule has 0 aliphatic carbocycles. The van der Waals surface area contributed by atoms with E-state index in [1.54, 1.807) is 11.8 Å². The molecular weight excluding hydrogens is 360 g/mol. The lowest BCUT2D eigenvalue weighted by Gasteiger charge is -2.21. The van der Waals surface area contributed by atoms with Crippen LogP contribution >= 0.6 is 27.7 Å². The molecule has 0 amide bonds. The number of hydrogen-bond donors (Lipinski definition) is 1. The second-order valence-electron chi connectivity index (χ2n) is 5.33. The van der Waals surface area contributed by atoms with Gasteiger partial charge >= 0.3 is 0 Å². The van der Waals surface area contributed by atoms with E-state index in [4.69, 9.17) is 0 Å². The molecule has 2 aromatic rings. The Kier molecular flexibility index (Phi) is 4.36. The number of halogens is 1. The van der Waals surface area contributed by atoms with Gasteiger partial charge in [0.2, 0.25) is 0 Å². The molecule has 1 aliphatic heterocycles. The molecule has 22 heavy (non-hydrogen) atoms. The minimum absolute atomic E-state index is 0.111. The number of thioether (sulfide) groups is 1. The second-order valence-corrected chi connectivity index (χ2v) is 7.74.